The molecule has 7 heteroatoms. The van der Waals surface area contributed by atoms with Gasteiger partial charge >= 0.3 is 0 Å². The molecule has 3 aromatic rings. The summed E-state index contributed by atoms with van der Waals surface area (Å²) in [5, 5.41) is -0.286. The highest BCUT2D eigenvalue weighted by Crippen LogP contribution is 2.41. The quantitative estimate of drug-likeness (QED) is 0.666. The van der Waals surface area contributed by atoms with Gasteiger partial charge in [-0.1, -0.05) is 6.08 Å². The van der Waals surface area contributed by atoms with Crippen molar-refractivity contribution in [2.45, 2.75) is 24.1 Å². The number of sulfone groups is 1. The molecule has 1 N–H and O–H groups in total. The summed E-state index contributed by atoms with van der Waals surface area (Å²) >= 11 is 0. The topological polar surface area (TPSA) is 66.1 Å². The maximum Gasteiger partial charge on any atom is 0.151 e. The van der Waals surface area contributed by atoms with Gasteiger partial charge in [-0.2, -0.15) is 0 Å². The molecule has 0 spiro atoms. The van der Waals surface area contributed by atoms with Gasteiger partial charge in [0.1, 0.15) is 5.82 Å². The molecule has 0 amide bonds. The van der Waals surface area contributed by atoms with Crippen LogP contribution in [0, 0.1) is 5.82 Å². The molecule has 4 heterocycles. The summed E-state index contributed by atoms with van der Waals surface area (Å²) in [6, 6.07) is 10.7. The maximum absolute atomic E-state index is 13.5. The van der Waals surface area contributed by atoms with Gasteiger partial charge in [0.15, 0.2) is 9.84 Å². The largest absolute Gasteiger partial charge is 0.360 e. The van der Waals surface area contributed by atoms with Crippen molar-refractivity contribution in [1.82, 2.24) is 14.9 Å². The van der Waals surface area contributed by atoms with E-state index in [2.05, 4.69) is 20.9 Å². The Labute approximate surface area is 181 Å². The molecule has 2 aromatic heterocycles. The summed E-state index contributed by atoms with van der Waals surface area (Å²) in [7, 11) is -3.04. The van der Waals surface area contributed by atoms with Gasteiger partial charge in [-0.3, -0.25) is 9.88 Å². The minimum Gasteiger partial charge on any atom is -0.360 e. The van der Waals surface area contributed by atoms with Crippen molar-refractivity contribution in [2.75, 3.05) is 19.3 Å². The third-order valence-electron chi connectivity index (χ3n) is 6.45. The number of hydrogen-bond acceptors (Lipinski definition) is 4. The molecule has 31 heavy (non-hydrogen) atoms. The number of hydrogen-bond donors (Lipinski definition) is 1. The Balaban J connectivity index is 1.54. The van der Waals surface area contributed by atoms with Crippen molar-refractivity contribution in [1.29, 1.82) is 0 Å². The molecule has 0 bridgehead atoms. The third kappa shape index (κ3) is 3.83. The minimum absolute atomic E-state index is 0.231. The number of H-pyrrole nitrogens is 1. The number of halogens is 1. The van der Waals surface area contributed by atoms with E-state index in [9.17, 15) is 12.8 Å². The number of fused-ring (bicyclic) bond motifs is 1. The number of benzene rings is 1. The predicted octanol–water partition coefficient (Wildman–Crippen LogP) is 4.16. The molecule has 5 rings (SSSR count). The molecule has 1 fully saturated rings. The minimum atomic E-state index is -3.04. The molecule has 2 unspecified atom stereocenters. The van der Waals surface area contributed by atoms with Crippen molar-refractivity contribution < 1.29 is 12.8 Å². The summed E-state index contributed by atoms with van der Waals surface area (Å²) in [6.07, 6.45) is 10.6. The van der Waals surface area contributed by atoms with Crippen molar-refractivity contribution in [3.05, 3.63) is 72.4 Å². The van der Waals surface area contributed by atoms with E-state index in [0.717, 1.165) is 40.9 Å². The Morgan fingerprint density at radius 3 is 2.55 bits per heavy atom. The van der Waals surface area contributed by atoms with E-state index in [1.165, 1.54) is 24.0 Å². The van der Waals surface area contributed by atoms with Crippen LogP contribution in [0.1, 0.15) is 18.4 Å². The smallest absolute Gasteiger partial charge is 0.151 e. The van der Waals surface area contributed by atoms with Crippen LogP contribution in [0.25, 0.3) is 28.0 Å². The first kappa shape index (κ1) is 20.2. The van der Waals surface area contributed by atoms with Gasteiger partial charge in [-0.25, -0.2) is 12.8 Å². The first-order chi connectivity index (χ1) is 14.9. The number of rotatable bonds is 4. The van der Waals surface area contributed by atoms with Gasteiger partial charge in [-0.15, -0.1) is 0 Å². The van der Waals surface area contributed by atoms with Gasteiger partial charge in [0.05, 0.1) is 10.9 Å². The van der Waals surface area contributed by atoms with Gasteiger partial charge in [0.2, 0.25) is 0 Å². The van der Waals surface area contributed by atoms with E-state index in [1.807, 2.05) is 18.3 Å². The number of nitrogens with one attached hydrogen (secondary N) is 1. The molecular formula is C24H24FN3O2S. The maximum atomic E-state index is 13.5. The molecule has 1 aromatic carbocycles. The Kier molecular flexibility index (Phi) is 5.02. The fourth-order valence-electron chi connectivity index (χ4n) is 4.81. The standard InChI is InChI=1S/C24H24FN3O2S/c1-31(29,30)21-13-20-12-18(8-11-28(20)15-21)22-14-27-24(17-2-4-19(25)5-3-17)23(22)16-6-9-26-10-7-16/h2-10,14,20-21,27H,11-13,15H2,1H3. The first-order valence-electron chi connectivity index (χ1n) is 10.4. The molecule has 160 valence electrons. The monoisotopic (exact) mass is 437 g/mol. The lowest BCUT2D eigenvalue weighted by atomic mass is 9.89. The van der Waals surface area contributed by atoms with Crippen LogP contribution in [0.5, 0.6) is 0 Å². The summed E-state index contributed by atoms with van der Waals surface area (Å²) in [5.74, 6) is -0.266. The van der Waals surface area contributed by atoms with Crippen LogP contribution >= 0.6 is 0 Å². The van der Waals surface area contributed by atoms with Crippen LogP contribution in [-0.2, 0) is 9.84 Å². The average Bonchev–Trinajstić information content (AvgIpc) is 3.39. The van der Waals surface area contributed by atoms with Gasteiger partial charge in [-0.05, 0) is 65.9 Å². The number of pyridine rings is 1. The van der Waals surface area contributed by atoms with E-state index in [1.54, 1.807) is 24.5 Å². The SMILES string of the molecule is CS(=O)(=O)C1CC2CC(c3c[nH]c(-c4ccc(F)cc4)c3-c3ccncc3)=CCN2C1. The fraction of sp³-hybridized carbons (Fsp3) is 0.292. The second-order valence-corrected chi connectivity index (χ2v) is 10.7. The van der Waals surface area contributed by atoms with Crippen molar-refractivity contribution in [3.63, 3.8) is 0 Å². The fourth-order valence-corrected chi connectivity index (χ4v) is 5.84. The molecule has 2 aliphatic rings. The zero-order chi connectivity index (χ0) is 21.6. The molecule has 2 atom stereocenters. The Bertz CT molecular complexity index is 1230. The van der Waals surface area contributed by atoms with Crippen molar-refractivity contribution in [2.24, 2.45) is 0 Å². The van der Waals surface area contributed by atoms with E-state index >= 15 is 0 Å². The molecule has 0 radical (unpaired) electrons. The van der Waals surface area contributed by atoms with Crippen molar-refractivity contribution in [3.8, 4) is 22.4 Å². The lowest BCUT2D eigenvalue weighted by molar-refractivity contribution is 0.275. The highest BCUT2D eigenvalue weighted by Gasteiger charge is 2.39. The summed E-state index contributed by atoms with van der Waals surface area (Å²) in [6.45, 7) is 1.36. The second kappa shape index (κ2) is 7.73. The lowest BCUT2D eigenvalue weighted by Crippen LogP contribution is -2.33. The van der Waals surface area contributed by atoms with Crippen LogP contribution in [0.3, 0.4) is 0 Å². The number of aromatic amines is 1. The van der Waals surface area contributed by atoms with Gasteiger partial charge in [0.25, 0.3) is 0 Å². The van der Waals surface area contributed by atoms with E-state index < -0.39 is 9.84 Å². The Morgan fingerprint density at radius 2 is 1.84 bits per heavy atom. The number of nitrogens with zero attached hydrogens (tertiary/aromatic N) is 2. The van der Waals surface area contributed by atoms with Crippen molar-refractivity contribution >= 4 is 15.4 Å². The highest BCUT2D eigenvalue weighted by atomic mass is 32.2. The lowest BCUT2D eigenvalue weighted by Gasteiger charge is -2.29. The average molecular weight is 438 g/mol. The Hall–Kier alpha value is -2.77. The highest BCUT2D eigenvalue weighted by molar-refractivity contribution is 7.91. The summed E-state index contributed by atoms with van der Waals surface area (Å²) in [5.41, 5.74) is 6.26. The van der Waals surface area contributed by atoms with Gasteiger partial charge in [0, 0.05) is 55.1 Å². The second-order valence-electron chi connectivity index (χ2n) is 8.42. The van der Waals surface area contributed by atoms with Crippen LogP contribution in [0.15, 0.2) is 61.1 Å². The normalized spacial score (nSPS) is 21.7. The third-order valence-corrected chi connectivity index (χ3v) is 8.00. The molecular weight excluding hydrogens is 413 g/mol. The molecule has 5 nitrogen and oxygen atoms in total. The van der Waals surface area contributed by atoms with E-state index in [0.29, 0.717) is 13.0 Å². The van der Waals surface area contributed by atoms with Crippen LogP contribution in [0.2, 0.25) is 0 Å². The predicted molar refractivity (Wildman–Crippen MR) is 121 cm³/mol. The summed E-state index contributed by atoms with van der Waals surface area (Å²) in [4.78, 5) is 9.83. The van der Waals surface area contributed by atoms with Crippen LogP contribution < -0.4 is 0 Å². The number of aromatic nitrogens is 2. The summed E-state index contributed by atoms with van der Waals surface area (Å²) < 4.78 is 37.6. The van der Waals surface area contributed by atoms with Crippen LogP contribution in [0.4, 0.5) is 4.39 Å². The molecule has 0 aliphatic carbocycles. The molecule has 1 saturated heterocycles. The first-order valence-corrected chi connectivity index (χ1v) is 12.4. The molecule has 0 saturated carbocycles. The van der Waals surface area contributed by atoms with E-state index in [4.69, 9.17) is 0 Å². The van der Waals surface area contributed by atoms with Crippen LogP contribution in [-0.4, -0.2) is 53.9 Å². The zero-order valence-corrected chi connectivity index (χ0v) is 18.1. The zero-order valence-electron chi connectivity index (χ0n) is 17.3. The Morgan fingerprint density at radius 1 is 1.10 bits per heavy atom. The van der Waals surface area contributed by atoms with E-state index in [-0.39, 0.29) is 17.1 Å². The molecule has 2 aliphatic heterocycles. The van der Waals surface area contributed by atoms with Gasteiger partial charge < -0.3 is 4.98 Å².